The predicted octanol–water partition coefficient (Wildman–Crippen LogP) is 2.31. The molecule has 1 saturated heterocycles. The lowest BCUT2D eigenvalue weighted by Crippen LogP contribution is -2.47. The van der Waals surface area contributed by atoms with Crippen LogP contribution in [0.15, 0.2) is 16.4 Å². The Morgan fingerprint density at radius 3 is 2.86 bits per heavy atom. The zero-order valence-electron chi connectivity index (χ0n) is 17.5. The van der Waals surface area contributed by atoms with Crippen molar-refractivity contribution >= 4 is 23.2 Å². The molecular weight excluding hydrogens is 370 g/mol. The van der Waals surface area contributed by atoms with Gasteiger partial charge < -0.3 is 15.5 Å². The smallest absolute Gasteiger partial charge is 0.220 e. The van der Waals surface area contributed by atoms with Crippen molar-refractivity contribution in [3.63, 3.8) is 0 Å². The van der Waals surface area contributed by atoms with Crippen molar-refractivity contribution in [2.75, 3.05) is 39.8 Å². The third-order valence-corrected chi connectivity index (χ3v) is 6.99. The first-order valence-electron chi connectivity index (χ1n) is 10.6. The minimum Gasteiger partial charge on any atom is -0.359 e. The van der Waals surface area contributed by atoms with E-state index in [2.05, 4.69) is 45.7 Å². The van der Waals surface area contributed by atoms with Crippen LogP contribution < -0.4 is 10.6 Å². The number of aliphatic imine (C=N–C) groups is 1. The standard InChI is InChI=1S/C21H35N5OS/c1-4-23-21(25-9-5-17(6-10-25)13-20(27)22-3)24-14-16(2)26-11-7-19-18(15-26)8-12-28-19/h8,12,16-17H,4-7,9-11,13-15H2,1-3H3,(H,22,27)(H,23,24). The third-order valence-electron chi connectivity index (χ3n) is 5.97. The van der Waals surface area contributed by atoms with E-state index in [0.717, 1.165) is 58.1 Å². The highest BCUT2D eigenvalue weighted by Gasteiger charge is 2.24. The summed E-state index contributed by atoms with van der Waals surface area (Å²) in [6, 6.07) is 2.71. The van der Waals surface area contributed by atoms with Gasteiger partial charge in [0.25, 0.3) is 0 Å². The van der Waals surface area contributed by atoms with Gasteiger partial charge in [0.2, 0.25) is 5.91 Å². The first-order valence-corrected chi connectivity index (χ1v) is 11.5. The molecule has 1 aromatic rings. The molecule has 7 heteroatoms. The summed E-state index contributed by atoms with van der Waals surface area (Å²) >= 11 is 1.89. The van der Waals surface area contributed by atoms with Crippen LogP contribution in [0, 0.1) is 5.92 Å². The second-order valence-corrected chi connectivity index (χ2v) is 8.94. The number of nitrogens with one attached hydrogen (secondary N) is 2. The molecule has 1 fully saturated rings. The molecule has 2 N–H and O–H groups in total. The zero-order valence-corrected chi connectivity index (χ0v) is 18.4. The van der Waals surface area contributed by atoms with Crippen LogP contribution in [0.2, 0.25) is 0 Å². The highest BCUT2D eigenvalue weighted by molar-refractivity contribution is 7.10. The Hall–Kier alpha value is -1.60. The van der Waals surface area contributed by atoms with Crippen LogP contribution in [0.1, 0.15) is 43.6 Å². The normalized spacial score (nSPS) is 20.0. The van der Waals surface area contributed by atoms with E-state index in [9.17, 15) is 4.79 Å². The van der Waals surface area contributed by atoms with Gasteiger partial charge in [-0.1, -0.05) is 0 Å². The first kappa shape index (κ1) is 21.1. The fraction of sp³-hybridized carbons (Fsp3) is 0.714. The number of guanidine groups is 1. The Morgan fingerprint density at radius 2 is 2.14 bits per heavy atom. The first-order chi connectivity index (χ1) is 13.6. The summed E-state index contributed by atoms with van der Waals surface area (Å²) in [7, 11) is 1.72. The maximum Gasteiger partial charge on any atom is 0.220 e. The average Bonchev–Trinajstić information content (AvgIpc) is 3.19. The summed E-state index contributed by atoms with van der Waals surface area (Å²) in [5, 5.41) is 8.43. The van der Waals surface area contributed by atoms with E-state index in [1.807, 2.05) is 11.3 Å². The van der Waals surface area contributed by atoms with Gasteiger partial charge in [-0.3, -0.25) is 14.7 Å². The predicted molar refractivity (Wildman–Crippen MR) is 117 cm³/mol. The lowest BCUT2D eigenvalue weighted by Gasteiger charge is -2.35. The van der Waals surface area contributed by atoms with Gasteiger partial charge >= 0.3 is 0 Å². The Bertz CT molecular complexity index is 666. The fourth-order valence-corrected chi connectivity index (χ4v) is 5.01. The molecule has 3 rings (SSSR count). The largest absolute Gasteiger partial charge is 0.359 e. The number of likely N-dealkylation sites (tertiary alicyclic amines) is 1. The molecular formula is C21H35N5OS. The lowest BCUT2D eigenvalue weighted by molar-refractivity contribution is -0.121. The van der Waals surface area contributed by atoms with Gasteiger partial charge in [0.05, 0.1) is 6.54 Å². The minimum absolute atomic E-state index is 0.156. The van der Waals surface area contributed by atoms with Gasteiger partial charge in [-0.2, -0.15) is 0 Å². The van der Waals surface area contributed by atoms with Crippen molar-refractivity contribution in [3.8, 4) is 0 Å². The van der Waals surface area contributed by atoms with E-state index < -0.39 is 0 Å². The Kier molecular flexibility index (Phi) is 7.73. The summed E-state index contributed by atoms with van der Waals surface area (Å²) in [4.78, 5) is 23.1. The van der Waals surface area contributed by atoms with Gasteiger partial charge in [-0.25, -0.2) is 0 Å². The molecule has 1 aromatic heterocycles. The summed E-state index contributed by atoms with van der Waals surface area (Å²) in [6.45, 7) is 10.3. The molecule has 156 valence electrons. The van der Waals surface area contributed by atoms with Crippen molar-refractivity contribution < 1.29 is 4.79 Å². The Morgan fingerprint density at radius 1 is 1.36 bits per heavy atom. The molecule has 3 heterocycles. The van der Waals surface area contributed by atoms with E-state index in [1.165, 1.54) is 12.0 Å². The van der Waals surface area contributed by atoms with E-state index in [1.54, 1.807) is 11.9 Å². The summed E-state index contributed by atoms with van der Waals surface area (Å²) in [5.74, 6) is 1.68. The number of carbonyl (C=O) groups is 1. The number of piperidine rings is 1. The fourth-order valence-electron chi connectivity index (χ4n) is 4.12. The van der Waals surface area contributed by atoms with Crippen molar-refractivity contribution in [1.82, 2.24) is 20.4 Å². The van der Waals surface area contributed by atoms with Crippen molar-refractivity contribution in [2.45, 2.75) is 52.1 Å². The molecule has 0 radical (unpaired) electrons. The molecule has 2 aliphatic heterocycles. The second-order valence-electron chi connectivity index (χ2n) is 7.94. The van der Waals surface area contributed by atoms with Crippen LogP contribution >= 0.6 is 11.3 Å². The van der Waals surface area contributed by atoms with Crippen LogP contribution in [-0.2, 0) is 17.8 Å². The molecule has 1 unspecified atom stereocenters. The quantitative estimate of drug-likeness (QED) is 0.563. The monoisotopic (exact) mass is 405 g/mol. The number of fused-ring (bicyclic) bond motifs is 1. The van der Waals surface area contributed by atoms with Gasteiger partial charge in [-0.15, -0.1) is 11.3 Å². The van der Waals surface area contributed by atoms with E-state index in [4.69, 9.17) is 4.99 Å². The molecule has 0 aromatic carbocycles. The molecule has 0 bridgehead atoms. The molecule has 28 heavy (non-hydrogen) atoms. The topological polar surface area (TPSA) is 60.0 Å². The molecule has 0 spiro atoms. The SMILES string of the molecule is CCNC(=NCC(C)N1CCc2sccc2C1)N1CCC(CC(=O)NC)CC1. The van der Waals surface area contributed by atoms with Crippen molar-refractivity contribution in [1.29, 1.82) is 0 Å². The number of nitrogens with zero attached hydrogens (tertiary/aromatic N) is 3. The van der Waals surface area contributed by atoms with E-state index in [-0.39, 0.29) is 5.91 Å². The summed E-state index contributed by atoms with van der Waals surface area (Å²) in [6.07, 6.45) is 3.93. The number of amides is 1. The maximum absolute atomic E-state index is 11.6. The second kappa shape index (κ2) is 10.3. The van der Waals surface area contributed by atoms with Crippen molar-refractivity contribution in [2.24, 2.45) is 10.9 Å². The highest BCUT2D eigenvalue weighted by Crippen LogP contribution is 2.25. The summed E-state index contributed by atoms with van der Waals surface area (Å²) in [5.41, 5.74) is 1.50. The highest BCUT2D eigenvalue weighted by atomic mass is 32.1. The van der Waals surface area contributed by atoms with Crippen LogP contribution in [0.5, 0.6) is 0 Å². The number of rotatable bonds is 6. The van der Waals surface area contributed by atoms with Crippen LogP contribution in [0.4, 0.5) is 0 Å². The van der Waals surface area contributed by atoms with E-state index in [0.29, 0.717) is 18.4 Å². The molecule has 1 atom stereocenters. The molecule has 0 aliphatic carbocycles. The average molecular weight is 406 g/mol. The number of hydrogen-bond donors (Lipinski definition) is 2. The Labute approximate surface area is 173 Å². The van der Waals surface area contributed by atoms with Crippen molar-refractivity contribution in [3.05, 3.63) is 21.9 Å². The number of hydrogen-bond acceptors (Lipinski definition) is 4. The van der Waals surface area contributed by atoms with Gasteiger partial charge in [-0.05, 0) is 56.0 Å². The van der Waals surface area contributed by atoms with Gasteiger partial charge in [0.1, 0.15) is 0 Å². The Balaban J connectivity index is 1.52. The van der Waals surface area contributed by atoms with Gasteiger partial charge in [0.15, 0.2) is 5.96 Å². The summed E-state index contributed by atoms with van der Waals surface area (Å²) < 4.78 is 0. The van der Waals surface area contributed by atoms with Crippen LogP contribution in [-0.4, -0.2) is 67.5 Å². The third kappa shape index (κ3) is 5.47. The van der Waals surface area contributed by atoms with Crippen LogP contribution in [0.3, 0.4) is 0 Å². The number of thiophene rings is 1. The lowest BCUT2D eigenvalue weighted by atomic mass is 9.93. The minimum atomic E-state index is 0.156. The maximum atomic E-state index is 11.6. The van der Waals surface area contributed by atoms with Gasteiger partial charge in [0, 0.05) is 57.1 Å². The molecule has 2 aliphatic rings. The molecule has 0 saturated carbocycles. The zero-order chi connectivity index (χ0) is 19.9. The van der Waals surface area contributed by atoms with Crippen LogP contribution in [0.25, 0.3) is 0 Å². The molecule has 1 amide bonds. The number of carbonyl (C=O) groups excluding carboxylic acids is 1. The van der Waals surface area contributed by atoms with E-state index >= 15 is 0 Å². The molecule has 6 nitrogen and oxygen atoms in total.